The van der Waals surface area contributed by atoms with Gasteiger partial charge in [0.05, 0.1) is 4.90 Å². The van der Waals surface area contributed by atoms with Crippen LogP contribution in [0.5, 0.6) is 0 Å². The van der Waals surface area contributed by atoms with Crippen molar-refractivity contribution in [2.24, 2.45) is 0 Å². The zero-order valence-corrected chi connectivity index (χ0v) is 19.3. The SMILES string of the molecule is Cc1cc(C)c(S(=O)(=O)N(CC(=O)OC(C)(C)C)Cc2ccc(Cl)cc2)c(C)c1. The van der Waals surface area contributed by atoms with Crippen LogP contribution in [-0.4, -0.2) is 30.8 Å². The van der Waals surface area contributed by atoms with E-state index in [1.807, 2.05) is 19.1 Å². The molecule has 0 unspecified atom stereocenters. The van der Waals surface area contributed by atoms with Gasteiger partial charge in [0.15, 0.2) is 0 Å². The first-order valence-corrected chi connectivity index (χ1v) is 11.2. The number of hydrogen-bond donors (Lipinski definition) is 0. The fourth-order valence-corrected chi connectivity index (χ4v) is 5.15. The van der Waals surface area contributed by atoms with Gasteiger partial charge in [0.2, 0.25) is 10.0 Å². The minimum Gasteiger partial charge on any atom is -0.459 e. The van der Waals surface area contributed by atoms with Gasteiger partial charge in [-0.15, -0.1) is 0 Å². The topological polar surface area (TPSA) is 63.7 Å². The fraction of sp³-hybridized carbons (Fsp3) is 0.409. The van der Waals surface area contributed by atoms with Gasteiger partial charge in [0, 0.05) is 11.6 Å². The summed E-state index contributed by atoms with van der Waals surface area (Å²) in [6.45, 7) is 10.3. The van der Waals surface area contributed by atoms with Crippen LogP contribution >= 0.6 is 11.6 Å². The van der Waals surface area contributed by atoms with Crippen LogP contribution in [0.25, 0.3) is 0 Å². The Balaban J connectivity index is 2.47. The largest absolute Gasteiger partial charge is 0.459 e. The van der Waals surface area contributed by atoms with Gasteiger partial charge in [-0.05, 0) is 70.4 Å². The van der Waals surface area contributed by atoms with Crippen molar-refractivity contribution in [3.63, 3.8) is 0 Å². The average molecular weight is 438 g/mol. The number of hydrogen-bond acceptors (Lipinski definition) is 4. The highest BCUT2D eigenvalue weighted by Crippen LogP contribution is 2.27. The molecule has 29 heavy (non-hydrogen) atoms. The van der Waals surface area contributed by atoms with Gasteiger partial charge in [-0.2, -0.15) is 4.31 Å². The van der Waals surface area contributed by atoms with E-state index in [0.29, 0.717) is 16.1 Å². The van der Waals surface area contributed by atoms with Crippen LogP contribution in [-0.2, 0) is 26.1 Å². The molecule has 7 heteroatoms. The number of ether oxygens (including phenoxy) is 1. The second kappa shape index (κ2) is 8.86. The molecule has 2 aromatic rings. The molecule has 0 fully saturated rings. The van der Waals surface area contributed by atoms with Crippen molar-refractivity contribution >= 4 is 27.6 Å². The van der Waals surface area contributed by atoms with Crippen LogP contribution in [0.2, 0.25) is 5.02 Å². The summed E-state index contributed by atoms with van der Waals surface area (Å²) < 4.78 is 33.6. The van der Waals surface area contributed by atoms with Crippen LogP contribution < -0.4 is 0 Å². The van der Waals surface area contributed by atoms with E-state index in [1.54, 1.807) is 58.9 Å². The van der Waals surface area contributed by atoms with Crippen molar-refractivity contribution < 1.29 is 17.9 Å². The number of carbonyl (C=O) groups excluding carboxylic acids is 1. The summed E-state index contributed by atoms with van der Waals surface area (Å²) in [6, 6.07) is 10.5. The second-order valence-electron chi connectivity index (χ2n) is 8.21. The first-order chi connectivity index (χ1) is 13.3. The van der Waals surface area contributed by atoms with Gasteiger partial charge in [-0.1, -0.05) is 41.4 Å². The maximum atomic E-state index is 13.5. The number of aryl methyl sites for hydroxylation is 3. The van der Waals surface area contributed by atoms with Crippen molar-refractivity contribution in [1.29, 1.82) is 0 Å². The molecule has 0 aromatic heterocycles. The quantitative estimate of drug-likeness (QED) is 0.609. The van der Waals surface area contributed by atoms with Gasteiger partial charge in [0.1, 0.15) is 12.1 Å². The number of halogens is 1. The molecule has 5 nitrogen and oxygen atoms in total. The summed E-state index contributed by atoms with van der Waals surface area (Å²) in [7, 11) is -3.94. The molecule has 0 heterocycles. The maximum absolute atomic E-state index is 13.5. The first kappa shape index (κ1) is 23.4. The number of benzene rings is 2. The van der Waals surface area contributed by atoms with E-state index in [1.165, 1.54) is 0 Å². The number of sulfonamides is 1. The van der Waals surface area contributed by atoms with Gasteiger partial charge in [0.25, 0.3) is 0 Å². The van der Waals surface area contributed by atoms with E-state index in [2.05, 4.69) is 0 Å². The van der Waals surface area contributed by atoms with Crippen molar-refractivity contribution in [1.82, 2.24) is 4.31 Å². The molecule has 0 saturated heterocycles. The molecule has 2 rings (SSSR count). The molecule has 158 valence electrons. The summed E-state index contributed by atoms with van der Waals surface area (Å²) in [4.78, 5) is 12.7. The molecule has 0 aliphatic rings. The highest BCUT2D eigenvalue weighted by atomic mass is 35.5. The second-order valence-corrected chi connectivity index (χ2v) is 10.5. The van der Waals surface area contributed by atoms with Crippen molar-refractivity contribution in [3.05, 3.63) is 63.7 Å². The van der Waals surface area contributed by atoms with E-state index < -0.39 is 21.6 Å². The fourth-order valence-electron chi connectivity index (χ4n) is 3.24. The van der Waals surface area contributed by atoms with Crippen LogP contribution in [0.1, 0.15) is 43.0 Å². The van der Waals surface area contributed by atoms with Gasteiger partial charge in [-0.3, -0.25) is 4.79 Å². The molecule has 0 bridgehead atoms. The molecule has 0 N–H and O–H groups in total. The van der Waals surface area contributed by atoms with E-state index in [4.69, 9.17) is 16.3 Å². The molecule has 0 aliphatic carbocycles. The van der Waals surface area contributed by atoms with E-state index in [-0.39, 0.29) is 18.0 Å². The van der Waals surface area contributed by atoms with Crippen LogP contribution in [0, 0.1) is 20.8 Å². The zero-order chi connectivity index (χ0) is 22.0. The molecule has 0 amide bonds. The molecular formula is C22H28ClNO4S. The Morgan fingerprint density at radius 2 is 1.55 bits per heavy atom. The van der Waals surface area contributed by atoms with Gasteiger partial charge >= 0.3 is 5.97 Å². The Hall–Kier alpha value is -1.89. The Morgan fingerprint density at radius 3 is 2.03 bits per heavy atom. The molecule has 0 atom stereocenters. The minimum atomic E-state index is -3.94. The van der Waals surface area contributed by atoms with E-state index in [9.17, 15) is 13.2 Å². The summed E-state index contributed by atoms with van der Waals surface area (Å²) in [5.74, 6) is -0.600. The lowest BCUT2D eigenvalue weighted by molar-refractivity contribution is -0.155. The minimum absolute atomic E-state index is 0.0332. The predicted octanol–water partition coefficient (Wildman–Crippen LogP) is 4.80. The average Bonchev–Trinajstić information content (AvgIpc) is 2.53. The van der Waals surface area contributed by atoms with Crippen molar-refractivity contribution in [2.75, 3.05) is 6.54 Å². The third-order valence-corrected chi connectivity index (χ3v) is 6.55. The normalized spacial score (nSPS) is 12.3. The summed E-state index contributed by atoms with van der Waals surface area (Å²) in [5, 5.41) is 0.556. The van der Waals surface area contributed by atoms with Gasteiger partial charge in [-0.25, -0.2) is 8.42 Å². The van der Waals surface area contributed by atoms with E-state index in [0.717, 1.165) is 15.4 Å². The summed E-state index contributed by atoms with van der Waals surface area (Å²) in [6.07, 6.45) is 0. The number of nitrogens with zero attached hydrogens (tertiary/aromatic N) is 1. The third-order valence-electron chi connectivity index (χ3n) is 4.20. The third kappa shape index (κ3) is 6.29. The lowest BCUT2D eigenvalue weighted by Gasteiger charge is -2.26. The number of esters is 1. The summed E-state index contributed by atoms with van der Waals surface area (Å²) >= 11 is 5.94. The molecule has 0 saturated carbocycles. The molecular weight excluding hydrogens is 410 g/mol. The zero-order valence-electron chi connectivity index (χ0n) is 17.7. The summed E-state index contributed by atoms with van der Waals surface area (Å²) in [5.41, 5.74) is 2.29. The highest BCUT2D eigenvalue weighted by molar-refractivity contribution is 7.89. The van der Waals surface area contributed by atoms with Crippen LogP contribution in [0.15, 0.2) is 41.3 Å². The predicted molar refractivity (Wildman–Crippen MR) is 116 cm³/mol. The van der Waals surface area contributed by atoms with Gasteiger partial charge < -0.3 is 4.74 Å². The van der Waals surface area contributed by atoms with Crippen LogP contribution in [0.4, 0.5) is 0 Å². The number of carbonyl (C=O) groups is 1. The Morgan fingerprint density at radius 1 is 1.03 bits per heavy atom. The lowest BCUT2D eigenvalue weighted by atomic mass is 10.1. The molecule has 0 radical (unpaired) electrons. The monoisotopic (exact) mass is 437 g/mol. The van der Waals surface area contributed by atoms with Crippen molar-refractivity contribution in [2.45, 2.75) is 58.6 Å². The lowest BCUT2D eigenvalue weighted by Crippen LogP contribution is -2.38. The molecule has 0 spiro atoms. The van der Waals surface area contributed by atoms with Crippen LogP contribution in [0.3, 0.4) is 0 Å². The highest BCUT2D eigenvalue weighted by Gasteiger charge is 2.31. The Bertz CT molecular complexity index is 969. The maximum Gasteiger partial charge on any atom is 0.321 e. The molecule has 0 aliphatic heterocycles. The van der Waals surface area contributed by atoms with Crippen molar-refractivity contribution in [3.8, 4) is 0 Å². The number of rotatable bonds is 6. The smallest absolute Gasteiger partial charge is 0.321 e. The first-order valence-electron chi connectivity index (χ1n) is 9.34. The standard InChI is InChI=1S/C22H28ClNO4S/c1-15-11-16(2)21(17(3)12-15)29(26,27)24(14-20(25)28-22(4,5)6)13-18-7-9-19(23)10-8-18/h7-12H,13-14H2,1-6H3. The Kier molecular flexibility index (Phi) is 7.14. The Labute approximate surface area is 178 Å². The molecule has 2 aromatic carbocycles. The van der Waals surface area contributed by atoms with E-state index >= 15 is 0 Å².